The Morgan fingerprint density at radius 1 is 1.04 bits per heavy atom. The molecule has 0 saturated carbocycles. The zero-order valence-corrected chi connectivity index (χ0v) is 17.3. The summed E-state index contributed by atoms with van der Waals surface area (Å²) in [6.07, 6.45) is 3.73. The van der Waals surface area contributed by atoms with E-state index in [2.05, 4.69) is 9.71 Å². The summed E-state index contributed by atoms with van der Waals surface area (Å²) in [4.78, 5) is 5.19. The molecule has 2 aromatic carbocycles. The first-order valence-electron chi connectivity index (χ1n) is 7.54. The Bertz CT molecular complexity index is 1240. The zero-order chi connectivity index (χ0) is 19.2. The molecular formula is C17H10Cl3N3O2S2. The molecule has 0 atom stereocenters. The Morgan fingerprint density at radius 3 is 2.56 bits per heavy atom. The Hall–Kier alpha value is -1.77. The number of halogens is 3. The molecule has 0 spiro atoms. The number of imidazole rings is 1. The minimum atomic E-state index is -3.99. The third kappa shape index (κ3) is 3.53. The minimum Gasteiger partial charge on any atom is -0.297 e. The van der Waals surface area contributed by atoms with E-state index in [1.807, 2.05) is 28.2 Å². The predicted molar refractivity (Wildman–Crippen MR) is 111 cm³/mol. The van der Waals surface area contributed by atoms with Crippen LogP contribution in [0.1, 0.15) is 0 Å². The number of nitrogens with zero attached hydrogens (tertiary/aromatic N) is 2. The number of sulfonamides is 1. The van der Waals surface area contributed by atoms with E-state index in [4.69, 9.17) is 34.8 Å². The summed E-state index contributed by atoms with van der Waals surface area (Å²) < 4.78 is 30.2. The summed E-state index contributed by atoms with van der Waals surface area (Å²) in [5, 5.41) is 2.19. The van der Waals surface area contributed by atoms with E-state index < -0.39 is 10.0 Å². The van der Waals surface area contributed by atoms with E-state index in [0.29, 0.717) is 16.9 Å². The monoisotopic (exact) mass is 457 g/mol. The lowest BCUT2D eigenvalue weighted by Crippen LogP contribution is -2.14. The number of para-hydroxylation sites is 1. The molecular weight excluding hydrogens is 449 g/mol. The van der Waals surface area contributed by atoms with Crippen LogP contribution in [0.4, 0.5) is 5.69 Å². The molecule has 138 valence electrons. The SMILES string of the molecule is O=S(=O)(Nc1ccccc1-c1cn2ccsc2n1)c1cc(Cl)c(Cl)cc1Cl. The zero-order valence-electron chi connectivity index (χ0n) is 13.4. The number of hydrogen-bond donors (Lipinski definition) is 1. The van der Waals surface area contributed by atoms with Gasteiger partial charge in [-0.15, -0.1) is 11.3 Å². The molecule has 2 aromatic heterocycles. The molecule has 0 aliphatic carbocycles. The van der Waals surface area contributed by atoms with Gasteiger partial charge in [-0.25, -0.2) is 13.4 Å². The van der Waals surface area contributed by atoms with Crippen molar-refractivity contribution in [2.24, 2.45) is 0 Å². The van der Waals surface area contributed by atoms with Gasteiger partial charge in [-0.1, -0.05) is 53.0 Å². The van der Waals surface area contributed by atoms with Gasteiger partial charge in [0.15, 0.2) is 4.96 Å². The van der Waals surface area contributed by atoms with Gasteiger partial charge in [0.2, 0.25) is 0 Å². The number of rotatable bonds is 4. The molecule has 4 rings (SSSR count). The van der Waals surface area contributed by atoms with E-state index in [1.54, 1.807) is 18.2 Å². The second kappa shape index (κ2) is 7.00. The lowest BCUT2D eigenvalue weighted by atomic mass is 10.1. The summed E-state index contributed by atoms with van der Waals surface area (Å²) >= 11 is 19.4. The van der Waals surface area contributed by atoms with Crippen LogP contribution in [0.2, 0.25) is 15.1 Å². The quantitative estimate of drug-likeness (QED) is 0.392. The molecule has 4 aromatic rings. The number of thiazole rings is 1. The largest absolute Gasteiger partial charge is 0.297 e. The van der Waals surface area contributed by atoms with Crippen molar-refractivity contribution >= 4 is 66.8 Å². The third-order valence-corrected chi connectivity index (χ3v) is 7.13. The van der Waals surface area contributed by atoms with Gasteiger partial charge in [-0.2, -0.15) is 0 Å². The number of benzene rings is 2. The van der Waals surface area contributed by atoms with Crippen LogP contribution >= 0.6 is 46.1 Å². The highest BCUT2D eigenvalue weighted by Gasteiger charge is 2.22. The summed E-state index contributed by atoms with van der Waals surface area (Å²) in [5.41, 5.74) is 1.68. The van der Waals surface area contributed by atoms with E-state index in [0.717, 1.165) is 4.96 Å². The van der Waals surface area contributed by atoms with Crippen molar-refractivity contribution in [3.05, 3.63) is 69.2 Å². The normalized spacial score (nSPS) is 11.8. The maximum atomic E-state index is 12.9. The van der Waals surface area contributed by atoms with Crippen molar-refractivity contribution in [3.63, 3.8) is 0 Å². The number of hydrogen-bond acceptors (Lipinski definition) is 4. The van der Waals surface area contributed by atoms with Gasteiger partial charge in [0.1, 0.15) is 4.90 Å². The van der Waals surface area contributed by atoms with Crippen LogP contribution in [-0.4, -0.2) is 17.8 Å². The topological polar surface area (TPSA) is 63.5 Å². The lowest BCUT2D eigenvalue weighted by Gasteiger charge is -2.13. The summed E-state index contributed by atoms with van der Waals surface area (Å²) in [5.74, 6) is 0. The Kier molecular flexibility index (Phi) is 4.82. The highest BCUT2D eigenvalue weighted by Crippen LogP contribution is 2.34. The van der Waals surface area contributed by atoms with Crippen LogP contribution in [-0.2, 0) is 10.0 Å². The third-order valence-electron chi connectivity index (χ3n) is 3.80. The van der Waals surface area contributed by atoms with Crippen molar-refractivity contribution in [2.75, 3.05) is 4.72 Å². The van der Waals surface area contributed by atoms with Crippen LogP contribution in [0.25, 0.3) is 16.2 Å². The number of anilines is 1. The molecule has 0 unspecified atom stereocenters. The molecule has 0 bridgehead atoms. The molecule has 0 radical (unpaired) electrons. The van der Waals surface area contributed by atoms with E-state index in [1.165, 1.54) is 23.5 Å². The molecule has 0 aliphatic heterocycles. The summed E-state index contributed by atoms with van der Waals surface area (Å²) in [7, 11) is -3.99. The van der Waals surface area contributed by atoms with Gasteiger partial charge in [0, 0.05) is 23.3 Å². The lowest BCUT2D eigenvalue weighted by molar-refractivity contribution is 0.601. The van der Waals surface area contributed by atoms with Gasteiger partial charge in [0.25, 0.3) is 10.0 Å². The van der Waals surface area contributed by atoms with E-state index in [9.17, 15) is 8.42 Å². The van der Waals surface area contributed by atoms with Gasteiger partial charge < -0.3 is 0 Å². The highest BCUT2D eigenvalue weighted by atomic mass is 35.5. The minimum absolute atomic E-state index is 0.0168. The van der Waals surface area contributed by atoms with Crippen molar-refractivity contribution in [1.29, 1.82) is 0 Å². The average molecular weight is 459 g/mol. The van der Waals surface area contributed by atoms with Gasteiger partial charge >= 0.3 is 0 Å². The molecule has 0 fully saturated rings. The first-order chi connectivity index (χ1) is 12.8. The van der Waals surface area contributed by atoms with Crippen LogP contribution in [0.15, 0.2) is 59.1 Å². The first kappa shape index (κ1) is 18.6. The fraction of sp³-hybridized carbons (Fsp3) is 0. The molecule has 1 N–H and O–H groups in total. The highest BCUT2D eigenvalue weighted by molar-refractivity contribution is 7.92. The summed E-state index contributed by atoms with van der Waals surface area (Å²) in [6, 6.07) is 9.52. The van der Waals surface area contributed by atoms with Crippen molar-refractivity contribution in [3.8, 4) is 11.3 Å². The van der Waals surface area contributed by atoms with Crippen LogP contribution in [0, 0.1) is 0 Å². The fourth-order valence-electron chi connectivity index (χ4n) is 2.56. The maximum Gasteiger partial charge on any atom is 0.263 e. The Morgan fingerprint density at radius 2 is 1.78 bits per heavy atom. The molecule has 2 heterocycles. The Balaban J connectivity index is 1.77. The summed E-state index contributed by atoms with van der Waals surface area (Å²) in [6.45, 7) is 0. The Labute approximate surface area is 174 Å². The molecule has 27 heavy (non-hydrogen) atoms. The number of fused-ring (bicyclic) bond motifs is 1. The maximum absolute atomic E-state index is 12.9. The molecule has 0 aliphatic rings. The second-order valence-corrected chi connectivity index (χ2v) is 9.31. The van der Waals surface area contributed by atoms with Gasteiger partial charge in [-0.3, -0.25) is 9.12 Å². The fourth-order valence-corrected chi connectivity index (χ4v) is 5.35. The van der Waals surface area contributed by atoms with Crippen molar-refractivity contribution in [1.82, 2.24) is 9.38 Å². The predicted octanol–water partition coefficient (Wildman–Crippen LogP) is 5.82. The first-order valence-corrected chi connectivity index (χ1v) is 11.0. The molecule has 5 nitrogen and oxygen atoms in total. The second-order valence-electron chi connectivity index (χ2n) is 5.57. The smallest absolute Gasteiger partial charge is 0.263 e. The molecule has 0 saturated heterocycles. The van der Waals surface area contributed by atoms with Crippen molar-refractivity contribution < 1.29 is 8.42 Å². The van der Waals surface area contributed by atoms with E-state index >= 15 is 0 Å². The van der Waals surface area contributed by atoms with Crippen LogP contribution in [0.5, 0.6) is 0 Å². The molecule has 10 heteroatoms. The van der Waals surface area contributed by atoms with Crippen molar-refractivity contribution in [2.45, 2.75) is 4.90 Å². The van der Waals surface area contributed by atoms with Crippen LogP contribution < -0.4 is 4.72 Å². The number of nitrogens with one attached hydrogen (secondary N) is 1. The molecule has 0 amide bonds. The number of aromatic nitrogens is 2. The van der Waals surface area contributed by atoms with Gasteiger partial charge in [-0.05, 0) is 18.2 Å². The standard InChI is InChI=1S/C17H10Cl3N3O2S2/c18-11-7-13(20)16(8-12(11)19)27(24,25)22-14-4-2-1-3-10(14)15-9-23-5-6-26-17(23)21-15/h1-9,22H. The van der Waals surface area contributed by atoms with Gasteiger partial charge in [0.05, 0.1) is 26.4 Å². The van der Waals surface area contributed by atoms with Crippen LogP contribution in [0.3, 0.4) is 0 Å². The average Bonchev–Trinajstić information content (AvgIpc) is 3.20. The van der Waals surface area contributed by atoms with E-state index in [-0.39, 0.29) is 20.0 Å².